The van der Waals surface area contributed by atoms with Gasteiger partial charge in [-0.25, -0.2) is 9.97 Å². The minimum absolute atomic E-state index is 0.0172. The van der Waals surface area contributed by atoms with Gasteiger partial charge in [0, 0.05) is 29.5 Å². The zero-order valence-electron chi connectivity index (χ0n) is 12.4. The van der Waals surface area contributed by atoms with Crippen LogP contribution in [-0.4, -0.2) is 15.0 Å². The van der Waals surface area contributed by atoms with E-state index in [0.29, 0.717) is 0 Å². The third-order valence-electron chi connectivity index (χ3n) is 3.56. The Morgan fingerprint density at radius 1 is 1.18 bits per heavy atom. The van der Waals surface area contributed by atoms with Gasteiger partial charge in [-0.3, -0.25) is 4.79 Å². The van der Waals surface area contributed by atoms with Gasteiger partial charge in [0.05, 0.1) is 11.6 Å². The Bertz CT molecular complexity index is 814. The predicted octanol–water partition coefficient (Wildman–Crippen LogP) is 3.27. The number of hydrogen-bond acceptors (Lipinski definition) is 4. The summed E-state index contributed by atoms with van der Waals surface area (Å²) >= 11 is 0. The number of hydrogen-bond donors (Lipinski definition) is 2. The molecular weight excluding hydrogens is 276 g/mol. The number of pyridine rings is 1. The van der Waals surface area contributed by atoms with Crippen LogP contribution in [0, 0.1) is 0 Å². The summed E-state index contributed by atoms with van der Waals surface area (Å²) in [4.78, 5) is 23.4. The predicted molar refractivity (Wildman–Crippen MR) is 87.9 cm³/mol. The molecular formula is C17H18N4O. The molecule has 3 aromatic rings. The standard InChI is InChI=1S/C17H18N4O/c1-2-6-14(17-18-9-5-10-19-17)20-15-11-16(22)21-13-8-4-3-7-12(13)15/h3-5,7-11,14H,2,6H2,1H3,(H2,20,21,22). The van der Waals surface area contributed by atoms with Gasteiger partial charge in [0.1, 0.15) is 5.82 Å². The zero-order valence-corrected chi connectivity index (χ0v) is 12.4. The third kappa shape index (κ3) is 2.98. The molecule has 0 bridgehead atoms. The van der Waals surface area contributed by atoms with Crippen molar-refractivity contribution < 1.29 is 0 Å². The van der Waals surface area contributed by atoms with Crippen LogP contribution in [0.5, 0.6) is 0 Å². The number of anilines is 1. The van der Waals surface area contributed by atoms with Crippen molar-refractivity contribution in [2.75, 3.05) is 5.32 Å². The first-order valence-corrected chi connectivity index (χ1v) is 7.43. The fourth-order valence-electron chi connectivity index (χ4n) is 2.56. The van der Waals surface area contributed by atoms with E-state index >= 15 is 0 Å². The minimum Gasteiger partial charge on any atom is -0.374 e. The van der Waals surface area contributed by atoms with Gasteiger partial charge in [0.25, 0.3) is 0 Å². The summed E-state index contributed by atoms with van der Waals surface area (Å²) in [7, 11) is 0. The van der Waals surface area contributed by atoms with Gasteiger partial charge in [0.15, 0.2) is 0 Å². The molecule has 0 amide bonds. The Morgan fingerprint density at radius 2 is 1.95 bits per heavy atom. The van der Waals surface area contributed by atoms with E-state index in [1.54, 1.807) is 24.5 Å². The molecule has 2 N–H and O–H groups in total. The number of aromatic nitrogens is 3. The molecule has 0 radical (unpaired) electrons. The van der Waals surface area contributed by atoms with Crippen LogP contribution >= 0.6 is 0 Å². The van der Waals surface area contributed by atoms with E-state index in [0.717, 1.165) is 35.3 Å². The Morgan fingerprint density at radius 3 is 2.73 bits per heavy atom. The van der Waals surface area contributed by atoms with Crippen LogP contribution in [0.4, 0.5) is 5.69 Å². The molecule has 2 aromatic heterocycles. The molecule has 22 heavy (non-hydrogen) atoms. The maximum absolute atomic E-state index is 11.9. The lowest BCUT2D eigenvalue weighted by Crippen LogP contribution is -2.16. The fraction of sp³-hybridized carbons (Fsp3) is 0.235. The second kappa shape index (κ2) is 6.39. The molecule has 112 valence electrons. The Kier molecular flexibility index (Phi) is 4.14. The molecule has 0 fully saturated rings. The van der Waals surface area contributed by atoms with E-state index in [1.807, 2.05) is 24.3 Å². The van der Waals surface area contributed by atoms with Crippen molar-refractivity contribution >= 4 is 16.6 Å². The monoisotopic (exact) mass is 294 g/mol. The number of para-hydroxylation sites is 1. The average molecular weight is 294 g/mol. The SMILES string of the molecule is CCCC(Nc1cc(=O)[nH]c2ccccc12)c1ncccn1. The number of nitrogens with zero attached hydrogens (tertiary/aromatic N) is 2. The fourth-order valence-corrected chi connectivity index (χ4v) is 2.56. The van der Waals surface area contributed by atoms with Crippen LogP contribution in [0.2, 0.25) is 0 Å². The molecule has 1 aromatic carbocycles. The van der Waals surface area contributed by atoms with Gasteiger partial charge >= 0.3 is 0 Å². The first kappa shape index (κ1) is 14.3. The van der Waals surface area contributed by atoms with E-state index in [1.165, 1.54) is 0 Å². The number of aromatic amines is 1. The van der Waals surface area contributed by atoms with Crippen molar-refractivity contribution in [2.24, 2.45) is 0 Å². The number of fused-ring (bicyclic) bond motifs is 1. The maximum atomic E-state index is 11.9. The lowest BCUT2D eigenvalue weighted by Gasteiger charge is -2.19. The number of H-pyrrole nitrogens is 1. The Hall–Kier alpha value is -2.69. The highest BCUT2D eigenvalue weighted by Crippen LogP contribution is 2.25. The second-order valence-electron chi connectivity index (χ2n) is 5.19. The van der Waals surface area contributed by atoms with Crippen molar-refractivity contribution in [3.8, 4) is 0 Å². The Labute approximate surface area is 128 Å². The van der Waals surface area contributed by atoms with Crippen LogP contribution in [0.25, 0.3) is 10.9 Å². The Balaban J connectivity index is 2.01. The molecule has 0 aliphatic heterocycles. The van der Waals surface area contributed by atoms with Gasteiger partial charge in [0.2, 0.25) is 5.56 Å². The van der Waals surface area contributed by atoms with Gasteiger partial charge in [-0.05, 0) is 18.6 Å². The normalized spacial score (nSPS) is 12.2. The molecule has 5 nitrogen and oxygen atoms in total. The first-order chi connectivity index (χ1) is 10.8. The van der Waals surface area contributed by atoms with Crippen LogP contribution in [0.15, 0.2) is 53.6 Å². The molecule has 3 rings (SSSR count). The second-order valence-corrected chi connectivity index (χ2v) is 5.19. The third-order valence-corrected chi connectivity index (χ3v) is 3.56. The van der Waals surface area contributed by atoms with E-state index in [2.05, 4.69) is 27.2 Å². The van der Waals surface area contributed by atoms with E-state index in [-0.39, 0.29) is 11.6 Å². The first-order valence-electron chi connectivity index (χ1n) is 7.43. The quantitative estimate of drug-likeness (QED) is 0.757. The highest BCUT2D eigenvalue weighted by molar-refractivity contribution is 5.90. The van der Waals surface area contributed by atoms with Gasteiger partial charge in [-0.1, -0.05) is 31.5 Å². The summed E-state index contributed by atoms with van der Waals surface area (Å²) in [5.41, 5.74) is 1.51. The largest absolute Gasteiger partial charge is 0.374 e. The molecule has 1 atom stereocenters. The summed E-state index contributed by atoms with van der Waals surface area (Å²) in [5.74, 6) is 0.744. The average Bonchev–Trinajstić information content (AvgIpc) is 2.55. The van der Waals surface area contributed by atoms with Crippen LogP contribution < -0.4 is 10.9 Å². The number of benzene rings is 1. The molecule has 0 saturated heterocycles. The van der Waals surface area contributed by atoms with Crippen LogP contribution in [0.1, 0.15) is 31.6 Å². The van der Waals surface area contributed by atoms with Crippen LogP contribution in [-0.2, 0) is 0 Å². The topological polar surface area (TPSA) is 70.7 Å². The maximum Gasteiger partial charge on any atom is 0.250 e. The van der Waals surface area contributed by atoms with Crippen molar-refractivity contribution in [1.29, 1.82) is 0 Å². The van der Waals surface area contributed by atoms with E-state index < -0.39 is 0 Å². The van der Waals surface area contributed by atoms with E-state index in [4.69, 9.17) is 0 Å². The van der Waals surface area contributed by atoms with E-state index in [9.17, 15) is 4.79 Å². The lowest BCUT2D eigenvalue weighted by atomic mass is 10.1. The summed E-state index contributed by atoms with van der Waals surface area (Å²) in [6.07, 6.45) is 5.37. The summed E-state index contributed by atoms with van der Waals surface area (Å²) in [6, 6.07) is 11.1. The van der Waals surface area contributed by atoms with Crippen molar-refractivity contribution in [3.05, 3.63) is 65.0 Å². The summed E-state index contributed by atoms with van der Waals surface area (Å²) < 4.78 is 0. The highest BCUT2D eigenvalue weighted by Gasteiger charge is 2.14. The number of rotatable bonds is 5. The summed E-state index contributed by atoms with van der Waals surface area (Å²) in [6.45, 7) is 2.12. The molecule has 0 saturated carbocycles. The lowest BCUT2D eigenvalue weighted by molar-refractivity contribution is 0.639. The van der Waals surface area contributed by atoms with Gasteiger partial charge in [-0.2, -0.15) is 0 Å². The molecule has 0 aliphatic carbocycles. The molecule has 1 unspecified atom stereocenters. The van der Waals surface area contributed by atoms with Gasteiger partial charge < -0.3 is 10.3 Å². The van der Waals surface area contributed by atoms with Crippen molar-refractivity contribution in [3.63, 3.8) is 0 Å². The molecule has 2 heterocycles. The smallest absolute Gasteiger partial charge is 0.250 e. The van der Waals surface area contributed by atoms with Gasteiger partial charge in [-0.15, -0.1) is 0 Å². The summed E-state index contributed by atoms with van der Waals surface area (Å²) in [5, 5.41) is 4.42. The zero-order chi connectivity index (χ0) is 15.4. The molecule has 0 spiro atoms. The van der Waals surface area contributed by atoms with Crippen LogP contribution in [0.3, 0.4) is 0 Å². The molecule has 5 heteroatoms. The van der Waals surface area contributed by atoms with Crippen molar-refractivity contribution in [1.82, 2.24) is 15.0 Å². The van der Waals surface area contributed by atoms with Crippen molar-refractivity contribution in [2.45, 2.75) is 25.8 Å². The molecule has 0 aliphatic rings. The number of nitrogens with one attached hydrogen (secondary N) is 2. The highest BCUT2D eigenvalue weighted by atomic mass is 16.1. The minimum atomic E-state index is -0.120.